The van der Waals surface area contributed by atoms with E-state index in [1.807, 2.05) is 0 Å². The number of carbonyl (C=O) groups is 1. The van der Waals surface area contributed by atoms with Gasteiger partial charge in [-0.25, -0.2) is 18.4 Å². The lowest BCUT2D eigenvalue weighted by atomic mass is 10.1. The minimum Gasteiger partial charge on any atom is -0.406 e. The van der Waals surface area contributed by atoms with E-state index in [0.29, 0.717) is 5.56 Å². The van der Waals surface area contributed by atoms with E-state index in [4.69, 9.17) is 5.14 Å². The number of alkyl halides is 3. The van der Waals surface area contributed by atoms with Crippen molar-refractivity contribution in [3.05, 3.63) is 54.1 Å². The molecule has 11 heteroatoms. The molecule has 0 unspecified atom stereocenters. The van der Waals surface area contributed by atoms with Gasteiger partial charge in [0.15, 0.2) is 0 Å². The molecule has 0 aliphatic carbocycles. The Morgan fingerprint density at radius 3 is 2.11 bits per heavy atom. The van der Waals surface area contributed by atoms with Crippen LogP contribution in [0.1, 0.15) is 18.5 Å². The number of carbonyl (C=O) groups excluding carboxylic acids is 1. The van der Waals surface area contributed by atoms with E-state index < -0.39 is 34.2 Å². The fourth-order valence-electron chi connectivity index (χ4n) is 2.29. The van der Waals surface area contributed by atoms with E-state index in [-0.39, 0.29) is 10.6 Å². The minimum atomic E-state index is -4.79. The molecule has 152 valence electrons. The number of nitrogens with zero attached hydrogens (tertiary/aromatic N) is 1. The number of primary sulfonamides is 1. The molecule has 0 bridgehead atoms. The zero-order valence-electron chi connectivity index (χ0n) is 14.9. The van der Waals surface area contributed by atoms with Crippen molar-refractivity contribution < 1.29 is 31.1 Å². The Bertz CT molecular complexity index is 930. The summed E-state index contributed by atoms with van der Waals surface area (Å²) in [5.41, 5.74) is 0.946. The summed E-state index contributed by atoms with van der Waals surface area (Å²) in [7, 11) is -2.29. The highest BCUT2D eigenvalue weighted by Gasteiger charge is 2.31. The van der Waals surface area contributed by atoms with Gasteiger partial charge in [-0.1, -0.05) is 12.1 Å². The van der Waals surface area contributed by atoms with Crippen molar-refractivity contribution in [1.82, 2.24) is 4.90 Å². The highest BCUT2D eigenvalue weighted by Crippen LogP contribution is 2.25. The first kappa shape index (κ1) is 21.5. The molecule has 2 rings (SSSR count). The van der Waals surface area contributed by atoms with Crippen LogP contribution in [-0.2, 0) is 10.0 Å². The Kier molecular flexibility index (Phi) is 6.20. The first-order valence-corrected chi connectivity index (χ1v) is 9.44. The van der Waals surface area contributed by atoms with Gasteiger partial charge in [-0.3, -0.25) is 0 Å². The Morgan fingerprint density at radius 2 is 1.64 bits per heavy atom. The monoisotopic (exact) mass is 417 g/mol. The molecule has 3 N–H and O–H groups in total. The lowest BCUT2D eigenvalue weighted by Gasteiger charge is -2.25. The zero-order valence-corrected chi connectivity index (χ0v) is 15.7. The highest BCUT2D eigenvalue weighted by atomic mass is 32.2. The fourth-order valence-corrected chi connectivity index (χ4v) is 2.80. The first-order chi connectivity index (χ1) is 12.9. The molecular formula is C17H18F3N3O4S. The number of nitrogens with two attached hydrogens (primary N) is 1. The van der Waals surface area contributed by atoms with Gasteiger partial charge in [-0.2, -0.15) is 0 Å². The predicted octanol–water partition coefficient (Wildman–Crippen LogP) is 3.46. The molecule has 0 fully saturated rings. The molecule has 0 saturated carbocycles. The van der Waals surface area contributed by atoms with E-state index in [0.717, 1.165) is 12.1 Å². The van der Waals surface area contributed by atoms with E-state index in [1.165, 1.54) is 48.3 Å². The first-order valence-electron chi connectivity index (χ1n) is 7.89. The van der Waals surface area contributed by atoms with E-state index in [9.17, 15) is 26.4 Å². The normalized spacial score (nSPS) is 12.9. The van der Waals surface area contributed by atoms with Crippen molar-refractivity contribution >= 4 is 21.7 Å². The third-order valence-electron chi connectivity index (χ3n) is 3.93. The number of hydrogen-bond donors (Lipinski definition) is 2. The smallest absolute Gasteiger partial charge is 0.406 e. The lowest BCUT2D eigenvalue weighted by Crippen LogP contribution is -2.33. The predicted molar refractivity (Wildman–Crippen MR) is 96.1 cm³/mol. The van der Waals surface area contributed by atoms with E-state index in [1.54, 1.807) is 6.92 Å². The van der Waals surface area contributed by atoms with Gasteiger partial charge in [0.2, 0.25) is 10.0 Å². The second-order valence-corrected chi connectivity index (χ2v) is 7.46. The number of ether oxygens (including phenoxy) is 1. The van der Waals surface area contributed by atoms with Crippen LogP contribution in [0.25, 0.3) is 0 Å². The number of amides is 2. The van der Waals surface area contributed by atoms with Crippen molar-refractivity contribution in [2.75, 3.05) is 12.4 Å². The Labute approximate surface area is 159 Å². The summed E-state index contributed by atoms with van der Waals surface area (Å²) < 4.78 is 62.8. The molecule has 1 atom stereocenters. The summed E-state index contributed by atoms with van der Waals surface area (Å²) in [5, 5.41) is 7.60. The number of halogens is 3. The second kappa shape index (κ2) is 8.07. The largest absolute Gasteiger partial charge is 0.573 e. The topological polar surface area (TPSA) is 102 Å². The number of rotatable bonds is 5. The van der Waals surface area contributed by atoms with Gasteiger partial charge in [-0.15, -0.1) is 13.2 Å². The molecular weight excluding hydrogens is 399 g/mol. The van der Waals surface area contributed by atoms with E-state index >= 15 is 0 Å². The molecule has 0 radical (unpaired) electrons. The van der Waals surface area contributed by atoms with Crippen LogP contribution in [0.2, 0.25) is 0 Å². The standard InChI is InChI=1S/C17H18F3N3O4S/c1-11(12-3-9-15(10-4-12)28(21,25)26)23(2)16(24)22-13-5-7-14(8-6-13)27-17(18,19)20/h3-11H,1-2H3,(H,22,24)(H2,21,25,26)/t11-/m1/s1. The molecule has 0 heterocycles. The summed E-state index contributed by atoms with van der Waals surface area (Å²) >= 11 is 0. The molecule has 2 amide bonds. The average Bonchev–Trinajstić information content (AvgIpc) is 2.60. The summed E-state index contributed by atoms with van der Waals surface area (Å²) in [4.78, 5) is 13.7. The van der Waals surface area contributed by atoms with Gasteiger partial charge in [0.05, 0.1) is 10.9 Å². The summed E-state index contributed by atoms with van der Waals surface area (Å²) in [6, 6.07) is 9.55. The van der Waals surface area contributed by atoms with Crippen LogP contribution in [-0.4, -0.2) is 32.8 Å². The third kappa shape index (κ3) is 5.86. The Morgan fingerprint density at radius 1 is 1.11 bits per heavy atom. The quantitative estimate of drug-likeness (QED) is 0.778. The fraction of sp³-hybridized carbons (Fsp3) is 0.235. The van der Waals surface area contributed by atoms with Crippen molar-refractivity contribution in [3.63, 3.8) is 0 Å². The van der Waals surface area contributed by atoms with Crippen LogP contribution in [0.5, 0.6) is 5.75 Å². The zero-order chi connectivity index (χ0) is 21.1. The number of sulfonamides is 1. The third-order valence-corrected chi connectivity index (χ3v) is 4.86. The number of nitrogens with one attached hydrogen (secondary N) is 1. The van der Waals surface area contributed by atoms with Gasteiger partial charge in [0.25, 0.3) is 0 Å². The molecule has 0 aliphatic heterocycles. The van der Waals surface area contributed by atoms with Crippen LogP contribution in [0.15, 0.2) is 53.4 Å². The molecule has 0 aromatic heterocycles. The van der Waals surface area contributed by atoms with Gasteiger partial charge in [0, 0.05) is 12.7 Å². The molecule has 28 heavy (non-hydrogen) atoms. The van der Waals surface area contributed by atoms with Crippen molar-refractivity contribution in [3.8, 4) is 5.75 Å². The Hall–Kier alpha value is -2.79. The molecule has 0 saturated heterocycles. The maximum Gasteiger partial charge on any atom is 0.573 e. The summed E-state index contributed by atoms with van der Waals surface area (Å²) in [6.07, 6.45) is -4.79. The Balaban J connectivity index is 2.03. The average molecular weight is 417 g/mol. The molecule has 0 spiro atoms. The number of benzene rings is 2. The van der Waals surface area contributed by atoms with Crippen LogP contribution in [0, 0.1) is 0 Å². The van der Waals surface area contributed by atoms with E-state index in [2.05, 4.69) is 10.1 Å². The molecule has 0 aliphatic rings. The van der Waals surface area contributed by atoms with Gasteiger partial charge >= 0.3 is 12.4 Å². The SMILES string of the molecule is C[C@H](c1ccc(S(N)(=O)=O)cc1)N(C)C(=O)Nc1ccc(OC(F)(F)F)cc1. The van der Waals surface area contributed by atoms with Crippen LogP contribution < -0.4 is 15.2 Å². The minimum absolute atomic E-state index is 0.0447. The summed E-state index contributed by atoms with van der Waals surface area (Å²) in [6.45, 7) is 1.73. The molecule has 2 aromatic carbocycles. The number of urea groups is 1. The van der Waals surface area contributed by atoms with Crippen LogP contribution in [0.4, 0.5) is 23.7 Å². The van der Waals surface area contributed by atoms with Gasteiger partial charge in [-0.05, 0) is 48.9 Å². The van der Waals surface area contributed by atoms with Crippen molar-refractivity contribution in [2.45, 2.75) is 24.2 Å². The second-order valence-electron chi connectivity index (χ2n) is 5.90. The lowest BCUT2D eigenvalue weighted by molar-refractivity contribution is -0.274. The maximum absolute atomic E-state index is 12.4. The van der Waals surface area contributed by atoms with Crippen molar-refractivity contribution in [1.29, 1.82) is 0 Å². The van der Waals surface area contributed by atoms with Crippen molar-refractivity contribution in [2.24, 2.45) is 5.14 Å². The van der Waals surface area contributed by atoms with Crippen LogP contribution >= 0.6 is 0 Å². The highest BCUT2D eigenvalue weighted by molar-refractivity contribution is 7.89. The van der Waals surface area contributed by atoms with Gasteiger partial charge in [0.1, 0.15) is 5.75 Å². The maximum atomic E-state index is 12.4. The molecule has 2 aromatic rings. The number of anilines is 1. The number of hydrogen-bond acceptors (Lipinski definition) is 4. The van der Waals surface area contributed by atoms with Gasteiger partial charge < -0.3 is 15.0 Å². The molecule has 7 nitrogen and oxygen atoms in total. The van der Waals surface area contributed by atoms with Crippen LogP contribution in [0.3, 0.4) is 0 Å². The summed E-state index contributed by atoms with van der Waals surface area (Å²) in [5.74, 6) is -0.401.